The Morgan fingerprint density at radius 1 is 1.50 bits per heavy atom. The Kier molecular flexibility index (Phi) is 4.42. The Bertz CT molecular complexity index is 301. The zero-order valence-electron chi connectivity index (χ0n) is 8.59. The standard InChI is InChI=1S/C11H16FNS/c1-8(6-7-13)11-9(12)4-3-5-10(11)14-2/h3-5,8H,6-7,13H2,1-2H3. The minimum Gasteiger partial charge on any atom is -0.330 e. The monoisotopic (exact) mass is 213 g/mol. The molecule has 0 bridgehead atoms. The van der Waals surface area contributed by atoms with Crippen LogP contribution in [-0.2, 0) is 0 Å². The summed E-state index contributed by atoms with van der Waals surface area (Å²) in [6.45, 7) is 2.62. The summed E-state index contributed by atoms with van der Waals surface area (Å²) >= 11 is 1.58. The first-order valence-electron chi connectivity index (χ1n) is 4.73. The maximum Gasteiger partial charge on any atom is 0.127 e. The lowest BCUT2D eigenvalue weighted by molar-refractivity contribution is 0.568. The molecule has 0 aliphatic rings. The van der Waals surface area contributed by atoms with Crippen molar-refractivity contribution in [2.75, 3.05) is 12.8 Å². The summed E-state index contributed by atoms with van der Waals surface area (Å²) in [5.41, 5.74) is 6.29. The van der Waals surface area contributed by atoms with Gasteiger partial charge in [-0.2, -0.15) is 0 Å². The fourth-order valence-electron chi connectivity index (χ4n) is 1.57. The van der Waals surface area contributed by atoms with Crippen molar-refractivity contribution in [1.29, 1.82) is 0 Å². The number of hydrogen-bond acceptors (Lipinski definition) is 2. The van der Waals surface area contributed by atoms with E-state index in [2.05, 4.69) is 0 Å². The molecule has 0 aromatic heterocycles. The molecule has 0 heterocycles. The topological polar surface area (TPSA) is 26.0 Å². The lowest BCUT2D eigenvalue weighted by Crippen LogP contribution is -2.07. The van der Waals surface area contributed by atoms with Crippen molar-refractivity contribution >= 4 is 11.8 Å². The normalized spacial score (nSPS) is 12.9. The van der Waals surface area contributed by atoms with Gasteiger partial charge in [0.2, 0.25) is 0 Å². The summed E-state index contributed by atoms with van der Waals surface area (Å²) in [7, 11) is 0. The van der Waals surface area contributed by atoms with Crippen LogP contribution in [0.5, 0.6) is 0 Å². The van der Waals surface area contributed by atoms with E-state index < -0.39 is 0 Å². The van der Waals surface area contributed by atoms with Crippen LogP contribution in [0.3, 0.4) is 0 Å². The molecule has 1 rings (SSSR count). The lowest BCUT2D eigenvalue weighted by Gasteiger charge is -2.15. The molecule has 0 fully saturated rings. The molecule has 0 radical (unpaired) electrons. The smallest absolute Gasteiger partial charge is 0.127 e. The van der Waals surface area contributed by atoms with E-state index in [1.54, 1.807) is 17.8 Å². The van der Waals surface area contributed by atoms with Crippen molar-refractivity contribution in [1.82, 2.24) is 0 Å². The van der Waals surface area contributed by atoms with Crippen molar-refractivity contribution in [3.8, 4) is 0 Å². The highest BCUT2D eigenvalue weighted by molar-refractivity contribution is 7.98. The lowest BCUT2D eigenvalue weighted by atomic mass is 9.97. The van der Waals surface area contributed by atoms with Crippen LogP contribution in [0.15, 0.2) is 23.1 Å². The molecule has 1 aromatic carbocycles. The zero-order valence-corrected chi connectivity index (χ0v) is 9.40. The van der Waals surface area contributed by atoms with Crippen molar-refractivity contribution in [2.24, 2.45) is 5.73 Å². The quantitative estimate of drug-likeness (QED) is 0.778. The van der Waals surface area contributed by atoms with Gasteiger partial charge in [-0.3, -0.25) is 0 Å². The van der Waals surface area contributed by atoms with E-state index in [-0.39, 0.29) is 11.7 Å². The van der Waals surface area contributed by atoms with Crippen molar-refractivity contribution < 1.29 is 4.39 Å². The van der Waals surface area contributed by atoms with Crippen molar-refractivity contribution in [3.05, 3.63) is 29.6 Å². The van der Waals surface area contributed by atoms with Crippen LogP contribution >= 0.6 is 11.8 Å². The van der Waals surface area contributed by atoms with E-state index in [1.807, 2.05) is 19.2 Å². The van der Waals surface area contributed by atoms with Gasteiger partial charge in [0.15, 0.2) is 0 Å². The molecular formula is C11H16FNS. The van der Waals surface area contributed by atoms with Gasteiger partial charge in [0, 0.05) is 10.5 Å². The molecule has 0 amide bonds. The van der Waals surface area contributed by atoms with Crippen LogP contribution < -0.4 is 5.73 Å². The summed E-state index contributed by atoms with van der Waals surface area (Å²) in [5.74, 6) is 0.0847. The van der Waals surface area contributed by atoms with Gasteiger partial charge < -0.3 is 5.73 Å². The molecule has 78 valence electrons. The maximum absolute atomic E-state index is 13.6. The second kappa shape index (κ2) is 5.37. The third-order valence-electron chi connectivity index (χ3n) is 2.33. The molecule has 0 spiro atoms. The van der Waals surface area contributed by atoms with Crippen LogP contribution in [0.4, 0.5) is 4.39 Å². The molecule has 0 aliphatic heterocycles. The molecule has 0 saturated carbocycles. The Hall–Kier alpha value is -0.540. The summed E-state index contributed by atoms with van der Waals surface area (Å²) in [4.78, 5) is 1.02. The maximum atomic E-state index is 13.6. The van der Waals surface area contributed by atoms with E-state index in [4.69, 9.17) is 5.73 Å². The number of hydrogen-bond donors (Lipinski definition) is 1. The molecule has 1 aromatic rings. The zero-order chi connectivity index (χ0) is 10.6. The summed E-state index contributed by atoms with van der Waals surface area (Å²) in [6.07, 6.45) is 2.79. The highest BCUT2D eigenvalue weighted by atomic mass is 32.2. The Balaban J connectivity index is 3.03. The van der Waals surface area contributed by atoms with Crippen LogP contribution in [0.2, 0.25) is 0 Å². The van der Waals surface area contributed by atoms with Crippen LogP contribution in [-0.4, -0.2) is 12.8 Å². The van der Waals surface area contributed by atoms with Crippen LogP contribution in [0, 0.1) is 5.82 Å². The average Bonchev–Trinajstić information content (AvgIpc) is 2.17. The van der Waals surface area contributed by atoms with Gasteiger partial charge in [0.05, 0.1) is 0 Å². The summed E-state index contributed by atoms with van der Waals surface area (Å²) in [5, 5.41) is 0. The van der Waals surface area contributed by atoms with Crippen molar-refractivity contribution in [2.45, 2.75) is 24.2 Å². The van der Waals surface area contributed by atoms with Gasteiger partial charge in [-0.25, -0.2) is 4.39 Å². The third kappa shape index (κ3) is 2.49. The van der Waals surface area contributed by atoms with Crippen LogP contribution in [0.25, 0.3) is 0 Å². The minimum atomic E-state index is -0.113. The first-order chi connectivity index (χ1) is 6.70. The number of thioether (sulfide) groups is 1. The molecule has 14 heavy (non-hydrogen) atoms. The predicted octanol–water partition coefficient (Wildman–Crippen LogP) is 3.00. The minimum absolute atomic E-state index is 0.113. The highest BCUT2D eigenvalue weighted by Gasteiger charge is 2.14. The molecule has 3 heteroatoms. The van der Waals surface area contributed by atoms with E-state index in [0.29, 0.717) is 6.54 Å². The molecule has 0 aliphatic carbocycles. The van der Waals surface area contributed by atoms with E-state index in [9.17, 15) is 4.39 Å². The Morgan fingerprint density at radius 2 is 2.21 bits per heavy atom. The molecule has 1 atom stereocenters. The number of rotatable bonds is 4. The fraction of sp³-hybridized carbons (Fsp3) is 0.455. The molecular weight excluding hydrogens is 197 g/mol. The van der Waals surface area contributed by atoms with Crippen molar-refractivity contribution in [3.63, 3.8) is 0 Å². The molecule has 1 nitrogen and oxygen atoms in total. The van der Waals surface area contributed by atoms with Gasteiger partial charge in [0.1, 0.15) is 5.82 Å². The van der Waals surface area contributed by atoms with Gasteiger partial charge in [0.25, 0.3) is 0 Å². The molecule has 2 N–H and O–H groups in total. The van der Waals surface area contributed by atoms with Crippen LogP contribution in [0.1, 0.15) is 24.8 Å². The van der Waals surface area contributed by atoms with Gasteiger partial charge in [-0.15, -0.1) is 11.8 Å². The Morgan fingerprint density at radius 3 is 2.79 bits per heavy atom. The second-order valence-electron chi connectivity index (χ2n) is 3.33. The molecule has 1 unspecified atom stereocenters. The number of halogens is 1. The van der Waals surface area contributed by atoms with Gasteiger partial charge >= 0.3 is 0 Å². The number of nitrogens with two attached hydrogens (primary N) is 1. The van der Waals surface area contributed by atoms with E-state index in [1.165, 1.54) is 6.07 Å². The largest absolute Gasteiger partial charge is 0.330 e. The SMILES string of the molecule is CSc1cccc(F)c1C(C)CCN. The van der Waals surface area contributed by atoms with Gasteiger partial charge in [-0.1, -0.05) is 13.0 Å². The fourth-order valence-corrected chi connectivity index (χ4v) is 2.30. The third-order valence-corrected chi connectivity index (χ3v) is 3.12. The number of benzene rings is 1. The van der Waals surface area contributed by atoms with E-state index in [0.717, 1.165) is 16.9 Å². The summed E-state index contributed by atoms with van der Waals surface area (Å²) in [6, 6.07) is 5.22. The first-order valence-corrected chi connectivity index (χ1v) is 5.95. The average molecular weight is 213 g/mol. The van der Waals surface area contributed by atoms with Gasteiger partial charge in [-0.05, 0) is 37.3 Å². The second-order valence-corrected chi connectivity index (χ2v) is 4.18. The highest BCUT2D eigenvalue weighted by Crippen LogP contribution is 2.30. The van der Waals surface area contributed by atoms with E-state index >= 15 is 0 Å². The molecule has 0 saturated heterocycles. The Labute approximate surface area is 88.9 Å². The predicted molar refractivity (Wildman–Crippen MR) is 60.3 cm³/mol. The summed E-state index contributed by atoms with van der Waals surface area (Å²) < 4.78 is 13.6. The first kappa shape index (κ1) is 11.5.